The van der Waals surface area contributed by atoms with E-state index in [2.05, 4.69) is 41.4 Å². The topological polar surface area (TPSA) is 41.8 Å². The standard InChI is InChI=1S/C14H12N2O/c1-10-4-6-11(7-5-10)12-9-13(16-15-12)14-3-2-8-17-14/h2-9H,1H3,(H,15,16). The van der Waals surface area contributed by atoms with Crippen LogP contribution in [0.15, 0.2) is 53.1 Å². The van der Waals surface area contributed by atoms with Crippen molar-refractivity contribution in [3.8, 4) is 22.7 Å². The minimum absolute atomic E-state index is 0.802. The van der Waals surface area contributed by atoms with Crippen molar-refractivity contribution < 1.29 is 4.42 Å². The maximum Gasteiger partial charge on any atom is 0.151 e. The van der Waals surface area contributed by atoms with E-state index in [1.165, 1.54) is 5.56 Å². The van der Waals surface area contributed by atoms with Gasteiger partial charge in [-0.05, 0) is 25.1 Å². The van der Waals surface area contributed by atoms with Gasteiger partial charge in [-0.15, -0.1) is 0 Å². The Kier molecular flexibility index (Phi) is 2.29. The van der Waals surface area contributed by atoms with Crippen molar-refractivity contribution in [1.82, 2.24) is 10.2 Å². The molecule has 0 radical (unpaired) electrons. The molecule has 1 N–H and O–H groups in total. The number of nitrogens with one attached hydrogen (secondary N) is 1. The molecule has 84 valence electrons. The molecule has 0 aliphatic heterocycles. The number of H-pyrrole nitrogens is 1. The molecule has 0 fully saturated rings. The molecule has 0 atom stereocenters. The van der Waals surface area contributed by atoms with Gasteiger partial charge in [0, 0.05) is 5.56 Å². The van der Waals surface area contributed by atoms with E-state index in [-0.39, 0.29) is 0 Å². The first kappa shape index (κ1) is 9.90. The van der Waals surface area contributed by atoms with Crippen LogP contribution in [0, 0.1) is 6.92 Å². The van der Waals surface area contributed by atoms with E-state index in [1.807, 2.05) is 18.2 Å². The summed E-state index contributed by atoms with van der Waals surface area (Å²) in [5, 5.41) is 7.26. The number of hydrogen-bond donors (Lipinski definition) is 1. The molecule has 0 amide bonds. The van der Waals surface area contributed by atoms with Gasteiger partial charge >= 0.3 is 0 Å². The summed E-state index contributed by atoms with van der Waals surface area (Å²) in [5.41, 5.74) is 4.17. The van der Waals surface area contributed by atoms with Crippen LogP contribution in [0.1, 0.15) is 5.56 Å². The fourth-order valence-electron chi connectivity index (χ4n) is 1.75. The van der Waals surface area contributed by atoms with Crippen molar-refractivity contribution in [1.29, 1.82) is 0 Å². The van der Waals surface area contributed by atoms with Crippen LogP contribution in [0.3, 0.4) is 0 Å². The van der Waals surface area contributed by atoms with Crippen LogP contribution in [0.2, 0.25) is 0 Å². The Hall–Kier alpha value is -2.29. The highest BCUT2D eigenvalue weighted by atomic mass is 16.3. The molecule has 0 unspecified atom stereocenters. The van der Waals surface area contributed by atoms with Crippen molar-refractivity contribution >= 4 is 0 Å². The zero-order valence-electron chi connectivity index (χ0n) is 9.47. The van der Waals surface area contributed by atoms with Gasteiger partial charge in [0.05, 0.1) is 12.0 Å². The molecule has 0 aliphatic rings. The summed E-state index contributed by atoms with van der Waals surface area (Å²) in [6.07, 6.45) is 1.65. The van der Waals surface area contributed by atoms with Gasteiger partial charge < -0.3 is 4.42 Å². The minimum atomic E-state index is 0.802. The quantitative estimate of drug-likeness (QED) is 0.722. The molecule has 0 aliphatic carbocycles. The Bertz CT molecular complexity index is 606. The van der Waals surface area contributed by atoms with Crippen molar-refractivity contribution in [2.45, 2.75) is 6.92 Å². The number of hydrogen-bond acceptors (Lipinski definition) is 2. The van der Waals surface area contributed by atoms with Gasteiger partial charge in [-0.25, -0.2) is 0 Å². The molecule has 2 heterocycles. The number of nitrogens with zero attached hydrogens (tertiary/aromatic N) is 1. The predicted octanol–water partition coefficient (Wildman–Crippen LogP) is 3.65. The molecule has 1 aromatic carbocycles. The first-order chi connectivity index (χ1) is 8.33. The lowest BCUT2D eigenvalue weighted by Crippen LogP contribution is -1.77. The molecular formula is C14H12N2O. The van der Waals surface area contributed by atoms with Crippen molar-refractivity contribution in [3.63, 3.8) is 0 Å². The number of aryl methyl sites for hydroxylation is 1. The average molecular weight is 224 g/mol. The third-order valence-corrected chi connectivity index (χ3v) is 2.71. The monoisotopic (exact) mass is 224 g/mol. The molecule has 3 aromatic rings. The number of furan rings is 1. The van der Waals surface area contributed by atoms with E-state index < -0.39 is 0 Å². The largest absolute Gasteiger partial charge is 0.463 e. The molecule has 3 rings (SSSR count). The Morgan fingerprint density at radius 3 is 2.65 bits per heavy atom. The summed E-state index contributed by atoms with van der Waals surface area (Å²) in [5.74, 6) is 0.802. The van der Waals surface area contributed by atoms with Gasteiger partial charge in [0.15, 0.2) is 5.76 Å². The number of benzene rings is 1. The molecular weight excluding hydrogens is 212 g/mol. The van der Waals surface area contributed by atoms with Gasteiger partial charge in [-0.1, -0.05) is 29.8 Å². The number of aromatic nitrogens is 2. The fourth-order valence-corrected chi connectivity index (χ4v) is 1.75. The highest BCUT2D eigenvalue weighted by Crippen LogP contribution is 2.24. The minimum Gasteiger partial charge on any atom is -0.463 e. The van der Waals surface area contributed by atoms with Crippen molar-refractivity contribution in [2.24, 2.45) is 0 Å². The lowest BCUT2D eigenvalue weighted by atomic mass is 10.1. The van der Waals surface area contributed by atoms with Gasteiger partial charge in [-0.3, -0.25) is 5.10 Å². The third kappa shape index (κ3) is 1.87. The summed E-state index contributed by atoms with van der Waals surface area (Å²) in [6.45, 7) is 2.07. The fraction of sp³-hybridized carbons (Fsp3) is 0.0714. The van der Waals surface area contributed by atoms with Crippen LogP contribution in [0.5, 0.6) is 0 Å². The SMILES string of the molecule is Cc1ccc(-c2cc(-c3ccco3)[nH]n2)cc1. The summed E-state index contributed by atoms with van der Waals surface area (Å²) in [7, 11) is 0. The van der Waals surface area contributed by atoms with E-state index in [9.17, 15) is 0 Å². The second kappa shape index (κ2) is 3.94. The Morgan fingerprint density at radius 2 is 1.94 bits per heavy atom. The van der Waals surface area contributed by atoms with E-state index in [4.69, 9.17) is 4.42 Å². The first-order valence-corrected chi connectivity index (χ1v) is 5.49. The molecule has 0 bridgehead atoms. The molecule has 2 aromatic heterocycles. The van der Waals surface area contributed by atoms with Gasteiger partial charge in [0.2, 0.25) is 0 Å². The smallest absolute Gasteiger partial charge is 0.151 e. The number of rotatable bonds is 2. The van der Waals surface area contributed by atoms with Crippen LogP contribution in [0.25, 0.3) is 22.7 Å². The van der Waals surface area contributed by atoms with Crippen LogP contribution >= 0.6 is 0 Å². The summed E-state index contributed by atoms with van der Waals surface area (Å²) in [4.78, 5) is 0. The van der Waals surface area contributed by atoms with Crippen LogP contribution in [0.4, 0.5) is 0 Å². The van der Waals surface area contributed by atoms with Crippen LogP contribution < -0.4 is 0 Å². The summed E-state index contributed by atoms with van der Waals surface area (Å²) >= 11 is 0. The Labute approximate surface area is 99.1 Å². The Morgan fingerprint density at radius 1 is 1.12 bits per heavy atom. The normalized spacial score (nSPS) is 10.6. The predicted molar refractivity (Wildman–Crippen MR) is 66.5 cm³/mol. The molecule has 0 spiro atoms. The zero-order valence-corrected chi connectivity index (χ0v) is 9.47. The van der Waals surface area contributed by atoms with Crippen LogP contribution in [-0.4, -0.2) is 10.2 Å². The van der Waals surface area contributed by atoms with E-state index >= 15 is 0 Å². The van der Waals surface area contributed by atoms with Gasteiger partial charge in [0.1, 0.15) is 5.69 Å². The lowest BCUT2D eigenvalue weighted by Gasteiger charge is -1.96. The molecule has 0 saturated heterocycles. The molecule has 17 heavy (non-hydrogen) atoms. The van der Waals surface area contributed by atoms with E-state index in [1.54, 1.807) is 6.26 Å². The maximum absolute atomic E-state index is 5.32. The summed E-state index contributed by atoms with van der Waals surface area (Å²) < 4.78 is 5.32. The van der Waals surface area contributed by atoms with Crippen molar-refractivity contribution in [2.75, 3.05) is 0 Å². The molecule has 3 heteroatoms. The highest BCUT2D eigenvalue weighted by Gasteiger charge is 2.07. The number of aromatic amines is 1. The first-order valence-electron chi connectivity index (χ1n) is 5.49. The van der Waals surface area contributed by atoms with Crippen LogP contribution in [-0.2, 0) is 0 Å². The average Bonchev–Trinajstić information content (AvgIpc) is 3.00. The van der Waals surface area contributed by atoms with Gasteiger partial charge in [-0.2, -0.15) is 5.10 Å². The third-order valence-electron chi connectivity index (χ3n) is 2.71. The van der Waals surface area contributed by atoms with Gasteiger partial charge in [0.25, 0.3) is 0 Å². The highest BCUT2D eigenvalue weighted by molar-refractivity contribution is 5.65. The maximum atomic E-state index is 5.32. The lowest BCUT2D eigenvalue weighted by molar-refractivity contribution is 0.580. The second-order valence-corrected chi connectivity index (χ2v) is 4.01. The van der Waals surface area contributed by atoms with E-state index in [0.29, 0.717) is 0 Å². The summed E-state index contributed by atoms with van der Waals surface area (Å²) in [6, 6.07) is 14.1. The molecule has 0 saturated carbocycles. The Balaban J connectivity index is 1.98. The second-order valence-electron chi connectivity index (χ2n) is 4.01. The molecule has 3 nitrogen and oxygen atoms in total. The van der Waals surface area contributed by atoms with E-state index in [0.717, 1.165) is 22.7 Å². The van der Waals surface area contributed by atoms with Crippen molar-refractivity contribution in [3.05, 3.63) is 54.3 Å². The zero-order chi connectivity index (χ0) is 11.7.